The highest BCUT2D eigenvalue weighted by Gasteiger charge is 2.28. The number of rotatable bonds is 6. The summed E-state index contributed by atoms with van der Waals surface area (Å²) in [7, 11) is 0. The molecule has 0 radical (unpaired) electrons. The van der Waals surface area contributed by atoms with E-state index in [4.69, 9.17) is 0 Å². The van der Waals surface area contributed by atoms with Gasteiger partial charge in [0.15, 0.2) is 0 Å². The maximum absolute atomic E-state index is 2.54. The number of benzene rings is 13. The van der Waals surface area contributed by atoms with Gasteiger partial charge in [-0.1, -0.05) is 155 Å². The normalized spacial score (nSPS) is 11.3. The van der Waals surface area contributed by atoms with E-state index >= 15 is 0 Å². The summed E-state index contributed by atoms with van der Waals surface area (Å²) in [6.45, 7) is 14.7. The predicted octanol–water partition coefficient (Wildman–Crippen LogP) is 20.8. The van der Waals surface area contributed by atoms with Crippen molar-refractivity contribution in [2.75, 3.05) is 9.80 Å². The molecule has 0 unspecified atom stereocenters. The summed E-state index contributed by atoms with van der Waals surface area (Å²) in [6.07, 6.45) is 0. The smallest absolute Gasteiger partial charge is 0.0620 e. The van der Waals surface area contributed by atoms with Gasteiger partial charge in [-0.05, 0) is 189 Å². The van der Waals surface area contributed by atoms with E-state index in [0.29, 0.717) is 0 Å². The SMILES string of the molecule is CC.CC.Cc1ccc2c(N(c3ccccc3)c3cccc4cc5cc6ccccc6cc5cc34)c3cc(C)c(C)cc3c(N(c3ccccc3)c3cccc4cc5cc6ccccc6cc5cc34)c2c1. The third-order valence-corrected chi connectivity index (χ3v) is 14.1. The molecule has 0 aromatic heterocycles. The Morgan fingerprint density at radius 2 is 0.577 bits per heavy atom. The molecule has 13 aromatic rings. The van der Waals surface area contributed by atoms with Crippen LogP contribution in [0.4, 0.5) is 34.1 Å². The number of hydrogen-bond donors (Lipinski definition) is 0. The average Bonchev–Trinajstić information content (AvgIpc) is 3.41. The van der Waals surface area contributed by atoms with Crippen LogP contribution in [-0.4, -0.2) is 0 Å². The third kappa shape index (κ3) is 7.87. The van der Waals surface area contributed by atoms with Crippen LogP contribution in [-0.2, 0) is 0 Å². The van der Waals surface area contributed by atoms with Crippen LogP contribution in [0.1, 0.15) is 44.4 Å². The summed E-state index contributed by atoms with van der Waals surface area (Å²) in [4.78, 5) is 5.08. The van der Waals surface area contributed by atoms with E-state index in [0.717, 1.165) is 28.4 Å². The molecular formula is C69H58N2. The minimum atomic E-state index is 1.11. The molecule has 2 nitrogen and oxygen atoms in total. The van der Waals surface area contributed by atoms with E-state index in [1.807, 2.05) is 27.7 Å². The van der Waals surface area contributed by atoms with E-state index in [-0.39, 0.29) is 0 Å². The first kappa shape index (κ1) is 45.0. The highest BCUT2D eigenvalue weighted by Crippen LogP contribution is 2.53. The standard InChI is InChI=1S/C65H46N2.2C2H6/c1-41-28-29-56-59(30-41)65(67(55-24-8-5-9-25-55)63-27-15-21-49-38-51-34-45-17-11-13-19-47(45)36-53(51)40-58(49)63)61-32-43(3)42(2)31-60(61)64(56)66(54-22-6-4-7-23-54)62-26-14-20-48-37-50-33-44-16-10-12-18-46(44)35-52(50)39-57(48)62;2*1-2/h4-40H,1-3H3;2*1-2H3. The Balaban J connectivity index is 0.00000134. The average molecular weight is 915 g/mol. The maximum Gasteiger partial charge on any atom is 0.0620 e. The molecule has 0 aliphatic carbocycles. The molecule has 0 bridgehead atoms. The fourth-order valence-electron chi connectivity index (χ4n) is 10.8. The Kier molecular flexibility index (Phi) is 11.9. The molecule has 0 saturated carbocycles. The van der Waals surface area contributed by atoms with Gasteiger partial charge in [0.05, 0.1) is 22.7 Å². The first-order valence-electron chi connectivity index (χ1n) is 25.3. The number of para-hydroxylation sites is 2. The van der Waals surface area contributed by atoms with Crippen LogP contribution in [0.25, 0.3) is 86.2 Å². The second kappa shape index (κ2) is 18.8. The minimum absolute atomic E-state index is 1.11. The molecular weight excluding hydrogens is 857 g/mol. The summed E-state index contributed by atoms with van der Waals surface area (Å²) in [5, 5.41) is 19.5. The Hall–Kier alpha value is -8.46. The van der Waals surface area contributed by atoms with Crippen LogP contribution >= 0.6 is 0 Å². The van der Waals surface area contributed by atoms with E-state index in [2.05, 4.69) is 255 Å². The number of anilines is 6. The van der Waals surface area contributed by atoms with Crippen LogP contribution in [0, 0.1) is 20.8 Å². The largest absolute Gasteiger partial charge is 0.309 e. The van der Waals surface area contributed by atoms with Crippen LogP contribution in [0.5, 0.6) is 0 Å². The summed E-state index contributed by atoms with van der Waals surface area (Å²) < 4.78 is 0. The number of nitrogens with zero attached hydrogens (tertiary/aromatic N) is 2. The van der Waals surface area contributed by atoms with Gasteiger partial charge in [-0.3, -0.25) is 0 Å². The third-order valence-electron chi connectivity index (χ3n) is 14.1. The predicted molar refractivity (Wildman–Crippen MR) is 313 cm³/mol. The molecule has 0 heterocycles. The lowest BCUT2D eigenvalue weighted by molar-refractivity contribution is 1.30. The second-order valence-electron chi connectivity index (χ2n) is 18.4. The fraction of sp³-hybridized carbons (Fsp3) is 0.101. The van der Waals surface area contributed by atoms with Crippen molar-refractivity contribution < 1.29 is 0 Å². The molecule has 0 aliphatic rings. The summed E-state index contributed by atoms with van der Waals surface area (Å²) in [5.74, 6) is 0. The Morgan fingerprint density at radius 1 is 0.239 bits per heavy atom. The van der Waals surface area contributed by atoms with Crippen LogP contribution in [0.15, 0.2) is 224 Å². The quantitative estimate of drug-likeness (QED) is 0.121. The number of fused-ring (bicyclic) bond motifs is 8. The molecule has 71 heavy (non-hydrogen) atoms. The topological polar surface area (TPSA) is 6.48 Å². The Bertz CT molecular complexity index is 4130. The van der Waals surface area contributed by atoms with Crippen molar-refractivity contribution in [3.05, 3.63) is 241 Å². The van der Waals surface area contributed by atoms with Gasteiger partial charge in [0.2, 0.25) is 0 Å². The van der Waals surface area contributed by atoms with Crippen molar-refractivity contribution in [3.8, 4) is 0 Å². The van der Waals surface area contributed by atoms with Gasteiger partial charge >= 0.3 is 0 Å². The zero-order chi connectivity index (χ0) is 48.8. The summed E-state index contributed by atoms with van der Waals surface area (Å²) >= 11 is 0. The fourth-order valence-corrected chi connectivity index (χ4v) is 10.8. The molecule has 13 rings (SSSR count). The molecule has 344 valence electrons. The van der Waals surface area contributed by atoms with Gasteiger partial charge in [-0.2, -0.15) is 0 Å². The summed E-state index contributed by atoms with van der Waals surface area (Å²) in [5.41, 5.74) is 10.5. The van der Waals surface area contributed by atoms with Crippen molar-refractivity contribution in [1.29, 1.82) is 0 Å². The molecule has 0 atom stereocenters. The van der Waals surface area contributed by atoms with Crippen molar-refractivity contribution in [2.45, 2.75) is 48.5 Å². The first-order chi connectivity index (χ1) is 34.9. The van der Waals surface area contributed by atoms with Gasteiger partial charge in [0, 0.05) is 43.7 Å². The molecule has 0 amide bonds. The second-order valence-corrected chi connectivity index (χ2v) is 18.4. The number of aryl methyl sites for hydroxylation is 3. The Morgan fingerprint density at radius 3 is 1.00 bits per heavy atom. The van der Waals surface area contributed by atoms with E-state index < -0.39 is 0 Å². The Labute approximate surface area is 417 Å². The molecule has 2 heteroatoms. The highest BCUT2D eigenvalue weighted by molar-refractivity contribution is 6.25. The van der Waals surface area contributed by atoms with Gasteiger partial charge < -0.3 is 9.80 Å². The molecule has 0 spiro atoms. The molecule has 0 aliphatic heterocycles. The first-order valence-corrected chi connectivity index (χ1v) is 25.3. The van der Waals surface area contributed by atoms with Crippen molar-refractivity contribution in [1.82, 2.24) is 0 Å². The van der Waals surface area contributed by atoms with E-state index in [1.54, 1.807) is 0 Å². The molecule has 0 N–H and O–H groups in total. The monoisotopic (exact) mass is 914 g/mol. The van der Waals surface area contributed by atoms with Crippen LogP contribution in [0.2, 0.25) is 0 Å². The van der Waals surface area contributed by atoms with Crippen LogP contribution < -0.4 is 9.80 Å². The zero-order valence-electron chi connectivity index (χ0n) is 41.8. The van der Waals surface area contributed by atoms with Crippen molar-refractivity contribution in [2.24, 2.45) is 0 Å². The molecule has 0 fully saturated rings. The van der Waals surface area contributed by atoms with Gasteiger partial charge in [-0.15, -0.1) is 0 Å². The van der Waals surface area contributed by atoms with Gasteiger partial charge in [0.1, 0.15) is 0 Å². The van der Waals surface area contributed by atoms with E-state index in [9.17, 15) is 0 Å². The summed E-state index contributed by atoms with van der Waals surface area (Å²) in [6, 6.07) is 83.8. The zero-order valence-corrected chi connectivity index (χ0v) is 41.8. The maximum atomic E-state index is 2.54. The number of hydrogen-bond acceptors (Lipinski definition) is 2. The minimum Gasteiger partial charge on any atom is -0.309 e. The highest BCUT2D eigenvalue weighted by atomic mass is 15.2. The van der Waals surface area contributed by atoms with Crippen molar-refractivity contribution >= 4 is 120 Å². The lowest BCUT2D eigenvalue weighted by Gasteiger charge is -2.34. The lowest BCUT2D eigenvalue weighted by Crippen LogP contribution is -2.15. The lowest BCUT2D eigenvalue weighted by atomic mass is 9.91. The van der Waals surface area contributed by atoms with E-state index in [1.165, 1.54) is 109 Å². The van der Waals surface area contributed by atoms with Gasteiger partial charge in [0.25, 0.3) is 0 Å². The van der Waals surface area contributed by atoms with Gasteiger partial charge in [-0.25, -0.2) is 0 Å². The molecule has 0 saturated heterocycles. The van der Waals surface area contributed by atoms with Crippen molar-refractivity contribution in [3.63, 3.8) is 0 Å². The van der Waals surface area contributed by atoms with Crippen LogP contribution in [0.3, 0.4) is 0 Å². The molecule has 13 aromatic carbocycles.